The van der Waals surface area contributed by atoms with Crippen molar-refractivity contribution in [2.75, 3.05) is 53.0 Å². The van der Waals surface area contributed by atoms with E-state index in [-0.39, 0.29) is 89.7 Å². The molecule has 2 aromatic rings. The smallest absolute Gasteiger partial charge is 0.549 e. The number of nitrogens with zero attached hydrogens (tertiary/aromatic N) is 2. The van der Waals surface area contributed by atoms with E-state index in [0.29, 0.717) is 17.7 Å². The number of esters is 2. The van der Waals surface area contributed by atoms with E-state index in [1.165, 1.54) is 55.6 Å². The van der Waals surface area contributed by atoms with Crippen molar-refractivity contribution < 1.29 is 128 Å². The first-order chi connectivity index (χ1) is 20.7. The molecule has 0 aliphatic rings. The number of carboxylic acids is 4. The summed E-state index contributed by atoms with van der Waals surface area (Å²) in [7, 11) is 1.31. The monoisotopic (exact) mass is 668 g/mol. The maximum absolute atomic E-state index is 11.2. The Morgan fingerprint density at radius 2 is 1.00 bits per heavy atom. The van der Waals surface area contributed by atoms with Crippen molar-refractivity contribution in [3.05, 3.63) is 59.7 Å². The maximum Gasteiger partial charge on any atom is 1.00 e. The van der Waals surface area contributed by atoms with Gasteiger partial charge >= 0.3 is 83.0 Å². The van der Waals surface area contributed by atoms with Gasteiger partial charge in [-0.2, -0.15) is 0 Å². The molecule has 0 aliphatic carbocycles. The number of carbonyl (C=O) groups is 6. The number of rotatable bonds is 15. The molecule has 0 radical (unpaired) electrons. The van der Waals surface area contributed by atoms with Gasteiger partial charge in [0.15, 0.2) is 0 Å². The van der Waals surface area contributed by atoms with Crippen molar-refractivity contribution in [1.82, 2.24) is 9.80 Å². The number of carbonyl (C=O) groups excluding carboxylic acids is 4. The molecule has 0 atom stereocenters. The number of hydrogen-bond acceptors (Lipinski definition) is 14. The molecule has 4 N–H and O–H groups in total. The number of aliphatic carboxylic acids is 4. The molecule has 2 aromatic carbocycles. The van der Waals surface area contributed by atoms with Gasteiger partial charge in [-0.15, -0.1) is 0 Å². The standard InChI is InChI=1S/C10H16N2O8.C10H12O3.C8H8O3.2Na/c13-7(14)3-11(4-8(15)16)1-2-12(5-9(17)18)6-10(19)20;1-2-7-13-10(12)8-3-5-9(11)6-4-8;1-11-8(10)6-2-4-7(9)5-3-6;;/h1-6H2,(H,13,14)(H,15,16)(H,17,18)(H,19,20);3-6,11H,2,7H2,1H3;2-5,9H,1H3;;/q;;;2*+1/p-2. The van der Waals surface area contributed by atoms with Crippen LogP contribution in [0.4, 0.5) is 0 Å². The number of ether oxygens (including phenoxy) is 2. The zero-order valence-electron chi connectivity index (χ0n) is 26.0. The minimum Gasteiger partial charge on any atom is -0.549 e. The zero-order chi connectivity index (χ0) is 33.7. The van der Waals surface area contributed by atoms with Crippen molar-refractivity contribution >= 4 is 35.8 Å². The van der Waals surface area contributed by atoms with Crippen molar-refractivity contribution in [2.24, 2.45) is 0 Å². The minimum absolute atomic E-state index is 0. The van der Waals surface area contributed by atoms with E-state index in [4.69, 9.17) is 25.2 Å². The molecule has 0 saturated heterocycles. The Labute approximate surface area is 309 Å². The molecule has 0 fully saturated rings. The molecule has 0 saturated carbocycles. The Balaban J connectivity index is -0.000000619. The van der Waals surface area contributed by atoms with Gasteiger partial charge in [0, 0.05) is 26.2 Å². The summed E-state index contributed by atoms with van der Waals surface area (Å²) in [6, 6.07) is 11.9. The summed E-state index contributed by atoms with van der Waals surface area (Å²) in [5.41, 5.74) is 0.900. The quantitative estimate of drug-likeness (QED) is 0.102. The summed E-state index contributed by atoms with van der Waals surface area (Å²) in [6.45, 7) is -0.386. The largest absolute Gasteiger partial charge is 1.00 e. The predicted octanol–water partition coefficient (Wildman–Crippen LogP) is -7.59. The second-order valence-corrected chi connectivity index (χ2v) is 8.67. The fourth-order valence-electron chi connectivity index (χ4n) is 3.05. The van der Waals surface area contributed by atoms with Crippen LogP contribution in [0, 0.1) is 0 Å². The summed E-state index contributed by atoms with van der Waals surface area (Å²) in [5, 5.41) is 55.9. The number of benzene rings is 2. The van der Waals surface area contributed by atoms with Crippen LogP contribution < -0.4 is 69.3 Å². The van der Waals surface area contributed by atoms with Gasteiger partial charge in [-0.1, -0.05) is 6.92 Å². The van der Waals surface area contributed by atoms with E-state index >= 15 is 0 Å². The van der Waals surface area contributed by atoms with Gasteiger partial charge in [-0.05, 0) is 55.0 Å². The molecule has 0 unspecified atom stereocenters. The van der Waals surface area contributed by atoms with E-state index in [9.17, 15) is 39.0 Å². The average Bonchev–Trinajstić information content (AvgIpc) is 2.94. The van der Waals surface area contributed by atoms with E-state index in [1.807, 2.05) is 6.92 Å². The summed E-state index contributed by atoms with van der Waals surface area (Å²) in [4.78, 5) is 65.9. The van der Waals surface area contributed by atoms with Gasteiger partial charge in [0.1, 0.15) is 11.5 Å². The summed E-state index contributed by atoms with van der Waals surface area (Å²) < 4.78 is 9.35. The van der Waals surface area contributed by atoms with Crippen molar-refractivity contribution in [3.63, 3.8) is 0 Å². The van der Waals surface area contributed by atoms with Crippen LogP contribution in [0.1, 0.15) is 34.1 Å². The molecule has 242 valence electrons. The van der Waals surface area contributed by atoms with Crippen LogP contribution in [0.2, 0.25) is 0 Å². The second-order valence-electron chi connectivity index (χ2n) is 8.67. The molecule has 18 heteroatoms. The van der Waals surface area contributed by atoms with Crippen LogP contribution in [-0.4, -0.2) is 119 Å². The molecule has 0 aromatic heterocycles. The molecule has 0 aliphatic heterocycles. The van der Waals surface area contributed by atoms with E-state index in [2.05, 4.69) is 4.74 Å². The third kappa shape index (κ3) is 24.1. The van der Waals surface area contributed by atoms with Gasteiger partial charge in [0.2, 0.25) is 0 Å². The third-order valence-corrected chi connectivity index (χ3v) is 4.98. The fourth-order valence-corrected chi connectivity index (χ4v) is 3.05. The molecule has 0 spiro atoms. The first kappa shape index (κ1) is 47.2. The Kier molecular flexibility index (Phi) is 27.6. The van der Waals surface area contributed by atoms with Crippen LogP contribution in [0.3, 0.4) is 0 Å². The van der Waals surface area contributed by atoms with E-state index in [0.717, 1.165) is 16.2 Å². The van der Waals surface area contributed by atoms with Gasteiger partial charge in [0.25, 0.3) is 0 Å². The topological polar surface area (TPSA) is 254 Å². The number of phenolic OH excluding ortho intramolecular Hbond substituents is 2. The SMILES string of the molecule is CCCOC(=O)c1ccc(O)cc1.COC(=O)c1ccc(O)cc1.O=C([O-])CN(CCN(CC(=O)[O-])CC(=O)O)CC(=O)O.[Na+].[Na+]. The summed E-state index contributed by atoms with van der Waals surface area (Å²) >= 11 is 0. The molecule has 0 amide bonds. The van der Waals surface area contributed by atoms with Crippen LogP contribution in [0.15, 0.2) is 48.5 Å². The van der Waals surface area contributed by atoms with Gasteiger partial charge in [-0.3, -0.25) is 19.4 Å². The number of hydrogen-bond donors (Lipinski definition) is 4. The number of methoxy groups -OCH3 is 1. The second kappa shape index (κ2) is 26.9. The van der Waals surface area contributed by atoms with E-state index < -0.39 is 56.0 Å². The molecule has 2 rings (SSSR count). The van der Waals surface area contributed by atoms with Crippen molar-refractivity contribution in [2.45, 2.75) is 13.3 Å². The first-order valence-electron chi connectivity index (χ1n) is 12.8. The molecule has 0 bridgehead atoms. The molecule has 16 nitrogen and oxygen atoms in total. The summed E-state index contributed by atoms with van der Waals surface area (Å²) in [5.74, 6) is -5.98. The predicted molar refractivity (Wildman–Crippen MR) is 146 cm³/mol. The van der Waals surface area contributed by atoms with Crippen molar-refractivity contribution in [1.29, 1.82) is 0 Å². The molecule has 0 heterocycles. The van der Waals surface area contributed by atoms with Gasteiger partial charge in [-0.25, -0.2) is 9.59 Å². The Morgan fingerprint density at radius 1 is 0.652 bits per heavy atom. The Bertz CT molecular complexity index is 1160. The van der Waals surface area contributed by atoms with E-state index in [1.54, 1.807) is 0 Å². The summed E-state index contributed by atoms with van der Waals surface area (Å²) in [6.07, 6.45) is 0.809. The van der Waals surface area contributed by atoms with Crippen LogP contribution in [0.5, 0.6) is 11.5 Å². The number of carboxylic acid groups (broad SMARTS) is 4. The molecular weight excluding hydrogens is 634 g/mol. The first-order valence-corrected chi connectivity index (χ1v) is 12.8. The maximum atomic E-state index is 11.2. The Morgan fingerprint density at radius 3 is 1.28 bits per heavy atom. The van der Waals surface area contributed by atoms with Gasteiger partial charge < -0.3 is 49.7 Å². The fraction of sp³-hybridized carbons (Fsp3) is 0.357. The van der Waals surface area contributed by atoms with Crippen molar-refractivity contribution in [3.8, 4) is 11.5 Å². The Hall–Kier alpha value is -3.22. The molecular formula is C28H34N2Na2O14. The van der Waals surface area contributed by atoms with Crippen LogP contribution in [-0.2, 0) is 28.7 Å². The van der Waals surface area contributed by atoms with Crippen LogP contribution >= 0.6 is 0 Å². The third-order valence-electron chi connectivity index (χ3n) is 4.98. The van der Waals surface area contributed by atoms with Gasteiger partial charge in [0.05, 0.1) is 49.9 Å². The number of phenols is 2. The number of aromatic hydroxyl groups is 2. The average molecular weight is 669 g/mol. The minimum atomic E-state index is -1.49. The zero-order valence-corrected chi connectivity index (χ0v) is 30.0. The molecule has 46 heavy (non-hydrogen) atoms. The van der Waals surface area contributed by atoms with Crippen LogP contribution in [0.25, 0.3) is 0 Å². The normalized spacial score (nSPS) is 9.57.